The average Bonchev–Trinajstić information content (AvgIpc) is 2.69. The summed E-state index contributed by atoms with van der Waals surface area (Å²) in [7, 11) is 0. The smallest absolute Gasteiger partial charge is 0.119 e. The maximum Gasteiger partial charge on any atom is 0.119 e. The number of nitrogens with one attached hydrogen (secondary N) is 2. The molecular formula is C23H34N2O. The van der Waals surface area contributed by atoms with Crippen LogP contribution in [0.1, 0.15) is 51.0 Å². The third-order valence-corrected chi connectivity index (χ3v) is 4.40. The van der Waals surface area contributed by atoms with Crippen LogP contribution in [0.15, 0.2) is 54.6 Å². The maximum atomic E-state index is 5.83. The highest BCUT2D eigenvalue weighted by atomic mass is 16.5. The third-order valence-electron chi connectivity index (χ3n) is 4.40. The van der Waals surface area contributed by atoms with Gasteiger partial charge in [-0.15, -0.1) is 0 Å². The molecule has 0 radical (unpaired) electrons. The summed E-state index contributed by atoms with van der Waals surface area (Å²) < 4.78 is 5.83. The van der Waals surface area contributed by atoms with Crippen molar-refractivity contribution >= 4 is 5.69 Å². The fraction of sp³-hybridized carbons (Fsp3) is 0.478. The van der Waals surface area contributed by atoms with E-state index in [-0.39, 0.29) is 0 Å². The van der Waals surface area contributed by atoms with E-state index in [9.17, 15) is 0 Å². The van der Waals surface area contributed by atoms with E-state index >= 15 is 0 Å². The summed E-state index contributed by atoms with van der Waals surface area (Å²) in [5.41, 5.74) is 2.53. The molecule has 0 aliphatic rings. The number of rotatable bonds is 14. The molecule has 26 heavy (non-hydrogen) atoms. The standard InChI is InChI=1S/C23H34N2O/c1-2-3-18-25-22-13-15-23(16-14-22)26-19-10-5-4-9-17-24-20-21-11-7-6-8-12-21/h6-8,11-16,24-25H,2-5,9-10,17-20H2,1H3. The molecule has 0 atom stereocenters. The van der Waals surface area contributed by atoms with Gasteiger partial charge in [-0.2, -0.15) is 0 Å². The fourth-order valence-corrected chi connectivity index (χ4v) is 2.80. The van der Waals surface area contributed by atoms with Crippen LogP contribution in [0.25, 0.3) is 0 Å². The van der Waals surface area contributed by atoms with Gasteiger partial charge < -0.3 is 15.4 Å². The molecule has 0 unspecified atom stereocenters. The highest BCUT2D eigenvalue weighted by Crippen LogP contribution is 2.16. The van der Waals surface area contributed by atoms with Crippen molar-refractivity contribution in [2.75, 3.05) is 25.0 Å². The first-order chi connectivity index (χ1) is 12.9. The average molecular weight is 355 g/mol. The largest absolute Gasteiger partial charge is 0.494 e. The number of ether oxygens (including phenoxy) is 1. The first kappa shape index (κ1) is 20.3. The Balaban J connectivity index is 1.44. The van der Waals surface area contributed by atoms with Gasteiger partial charge in [0.15, 0.2) is 0 Å². The van der Waals surface area contributed by atoms with Crippen LogP contribution in [-0.2, 0) is 6.54 Å². The van der Waals surface area contributed by atoms with Crippen molar-refractivity contribution in [1.82, 2.24) is 5.32 Å². The van der Waals surface area contributed by atoms with E-state index < -0.39 is 0 Å². The zero-order chi connectivity index (χ0) is 18.3. The summed E-state index contributed by atoms with van der Waals surface area (Å²) in [6.45, 7) is 6.10. The van der Waals surface area contributed by atoms with Crippen LogP contribution in [0.2, 0.25) is 0 Å². The molecular weight excluding hydrogens is 320 g/mol. The molecule has 0 heterocycles. The van der Waals surface area contributed by atoms with Gasteiger partial charge in [-0.05, 0) is 55.6 Å². The van der Waals surface area contributed by atoms with Crippen molar-refractivity contribution in [3.63, 3.8) is 0 Å². The quantitative estimate of drug-likeness (QED) is 0.432. The van der Waals surface area contributed by atoms with Crippen LogP contribution >= 0.6 is 0 Å². The number of unbranched alkanes of at least 4 members (excludes halogenated alkanes) is 4. The Morgan fingerprint density at radius 1 is 0.769 bits per heavy atom. The van der Waals surface area contributed by atoms with Crippen molar-refractivity contribution in [3.8, 4) is 5.75 Å². The normalized spacial score (nSPS) is 10.7. The van der Waals surface area contributed by atoms with Gasteiger partial charge >= 0.3 is 0 Å². The van der Waals surface area contributed by atoms with Gasteiger partial charge in [0.05, 0.1) is 6.61 Å². The minimum absolute atomic E-state index is 0.806. The number of anilines is 1. The molecule has 2 aromatic carbocycles. The van der Waals surface area contributed by atoms with Gasteiger partial charge in [0.2, 0.25) is 0 Å². The van der Waals surface area contributed by atoms with Crippen LogP contribution in [0, 0.1) is 0 Å². The molecule has 0 amide bonds. The predicted octanol–water partition coefficient (Wildman–Crippen LogP) is 5.63. The SMILES string of the molecule is CCCCNc1ccc(OCCCCCCNCc2ccccc2)cc1. The Hall–Kier alpha value is -2.00. The van der Waals surface area contributed by atoms with E-state index in [0.717, 1.165) is 38.4 Å². The topological polar surface area (TPSA) is 33.3 Å². The Morgan fingerprint density at radius 3 is 2.31 bits per heavy atom. The minimum atomic E-state index is 0.806. The molecule has 142 valence electrons. The van der Waals surface area contributed by atoms with Crippen LogP contribution in [-0.4, -0.2) is 19.7 Å². The third kappa shape index (κ3) is 8.91. The van der Waals surface area contributed by atoms with Crippen LogP contribution in [0.3, 0.4) is 0 Å². The van der Waals surface area contributed by atoms with Gasteiger partial charge in [0, 0.05) is 18.8 Å². The summed E-state index contributed by atoms with van der Waals surface area (Å²) in [5.74, 6) is 0.968. The summed E-state index contributed by atoms with van der Waals surface area (Å²) in [5, 5.41) is 6.93. The van der Waals surface area contributed by atoms with Gasteiger partial charge in [-0.3, -0.25) is 0 Å². The zero-order valence-corrected chi connectivity index (χ0v) is 16.2. The van der Waals surface area contributed by atoms with Crippen molar-refractivity contribution < 1.29 is 4.74 Å². The second kappa shape index (κ2) is 13.2. The van der Waals surface area contributed by atoms with Crippen molar-refractivity contribution in [2.45, 2.75) is 52.0 Å². The van der Waals surface area contributed by atoms with Gasteiger partial charge in [0.1, 0.15) is 5.75 Å². The lowest BCUT2D eigenvalue weighted by molar-refractivity contribution is 0.304. The lowest BCUT2D eigenvalue weighted by atomic mass is 10.2. The zero-order valence-electron chi connectivity index (χ0n) is 16.2. The first-order valence-electron chi connectivity index (χ1n) is 10.1. The van der Waals surface area contributed by atoms with Crippen LogP contribution < -0.4 is 15.4 Å². The monoisotopic (exact) mass is 354 g/mol. The van der Waals surface area contributed by atoms with Crippen LogP contribution in [0.4, 0.5) is 5.69 Å². The van der Waals surface area contributed by atoms with Crippen LogP contribution in [0.5, 0.6) is 5.75 Å². The fourth-order valence-electron chi connectivity index (χ4n) is 2.80. The minimum Gasteiger partial charge on any atom is -0.494 e. The number of hydrogen-bond acceptors (Lipinski definition) is 3. The summed E-state index contributed by atoms with van der Waals surface area (Å²) in [6, 6.07) is 18.9. The van der Waals surface area contributed by atoms with E-state index in [2.05, 4.69) is 72.2 Å². The van der Waals surface area contributed by atoms with Crippen molar-refractivity contribution in [1.29, 1.82) is 0 Å². The second-order valence-corrected chi connectivity index (χ2v) is 6.73. The summed E-state index contributed by atoms with van der Waals surface area (Å²) in [4.78, 5) is 0. The highest BCUT2D eigenvalue weighted by Gasteiger charge is 1.96. The number of hydrogen-bond donors (Lipinski definition) is 2. The molecule has 2 N–H and O–H groups in total. The first-order valence-corrected chi connectivity index (χ1v) is 10.1. The molecule has 3 nitrogen and oxygen atoms in total. The van der Waals surface area contributed by atoms with E-state index in [1.165, 1.54) is 43.4 Å². The van der Waals surface area contributed by atoms with E-state index in [1.807, 2.05) is 0 Å². The van der Waals surface area contributed by atoms with Gasteiger partial charge in [-0.1, -0.05) is 56.5 Å². The molecule has 2 aromatic rings. The van der Waals surface area contributed by atoms with E-state index in [4.69, 9.17) is 4.74 Å². The van der Waals surface area contributed by atoms with Crippen molar-refractivity contribution in [3.05, 3.63) is 60.2 Å². The van der Waals surface area contributed by atoms with Gasteiger partial charge in [-0.25, -0.2) is 0 Å². The molecule has 0 bridgehead atoms. The molecule has 3 heteroatoms. The highest BCUT2D eigenvalue weighted by molar-refractivity contribution is 5.46. The molecule has 0 saturated heterocycles. The Kier molecular flexibility index (Phi) is 10.3. The Labute approximate surface area is 159 Å². The van der Waals surface area contributed by atoms with E-state index in [0.29, 0.717) is 0 Å². The summed E-state index contributed by atoms with van der Waals surface area (Å²) >= 11 is 0. The van der Waals surface area contributed by atoms with Gasteiger partial charge in [0.25, 0.3) is 0 Å². The lowest BCUT2D eigenvalue weighted by Gasteiger charge is -2.09. The molecule has 0 fully saturated rings. The lowest BCUT2D eigenvalue weighted by Crippen LogP contribution is -2.14. The number of benzene rings is 2. The summed E-state index contributed by atoms with van der Waals surface area (Å²) in [6.07, 6.45) is 7.26. The van der Waals surface area contributed by atoms with Crippen molar-refractivity contribution in [2.24, 2.45) is 0 Å². The molecule has 0 aromatic heterocycles. The van der Waals surface area contributed by atoms with E-state index in [1.54, 1.807) is 0 Å². The molecule has 0 aliphatic carbocycles. The Bertz CT molecular complexity index is 569. The maximum absolute atomic E-state index is 5.83. The predicted molar refractivity (Wildman–Crippen MR) is 112 cm³/mol. The molecule has 0 spiro atoms. The molecule has 0 aliphatic heterocycles. The Morgan fingerprint density at radius 2 is 1.54 bits per heavy atom. The second-order valence-electron chi connectivity index (χ2n) is 6.73. The molecule has 2 rings (SSSR count). The molecule has 0 saturated carbocycles.